The zero-order valence-corrected chi connectivity index (χ0v) is 13.2. The molecule has 2 unspecified atom stereocenters. The Balaban J connectivity index is 1.90. The van der Waals surface area contributed by atoms with Gasteiger partial charge in [0, 0.05) is 12.6 Å². The molecule has 112 valence electrons. The van der Waals surface area contributed by atoms with Gasteiger partial charge in [-0.15, -0.1) is 0 Å². The molecule has 1 aromatic carbocycles. The number of hydrogen-bond acceptors (Lipinski definition) is 2. The van der Waals surface area contributed by atoms with Gasteiger partial charge in [0.15, 0.2) is 0 Å². The predicted molar refractivity (Wildman–Crippen MR) is 85.0 cm³/mol. The Bertz CT molecular complexity index is 425. The second-order valence-electron chi connectivity index (χ2n) is 6.16. The minimum atomic E-state index is -0.234. The quantitative estimate of drug-likeness (QED) is 0.796. The molecule has 0 amide bonds. The average molecular weight is 275 g/mol. The third-order valence-electron chi connectivity index (χ3n) is 4.85. The normalized spacial score (nSPS) is 17.2. The number of fused-ring (bicyclic) bond motifs is 1. The van der Waals surface area contributed by atoms with Gasteiger partial charge in [0.2, 0.25) is 0 Å². The Morgan fingerprint density at radius 1 is 1.15 bits per heavy atom. The molecule has 0 spiro atoms. The van der Waals surface area contributed by atoms with Crippen molar-refractivity contribution in [1.82, 2.24) is 5.32 Å². The maximum Gasteiger partial charge on any atom is 0.0692 e. The van der Waals surface area contributed by atoms with E-state index in [2.05, 4.69) is 44.3 Å². The van der Waals surface area contributed by atoms with Gasteiger partial charge in [-0.2, -0.15) is 0 Å². The van der Waals surface area contributed by atoms with Gasteiger partial charge in [0.1, 0.15) is 0 Å². The van der Waals surface area contributed by atoms with Gasteiger partial charge >= 0.3 is 0 Å². The van der Waals surface area contributed by atoms with Crippen molar-refractivity contribution in [3.63, 3.8) is 0 Å². The van der Waals surface area contributed by atoms with Crippen LogP contribution in [0.1, 0.15) is 62.8 Å². The first-order valence-corrected chi connectivity index (χ1v) is 8.18. The summed E-state index contributed by atoms with van der Waals surface area (Å²) in [4.78, 5) is 0. The summed E-state index contributed by atoms with van der Waals surface area (Å²) >= 11 is 0. The number of benzene rings is 1. The fourth-order valence-electron chi connectivity index (χ4n) is 3.28. The van der Waals surface area contributed by atoms with Gasteiger partial charge in [-0.25, -0.2) is 0 Å². The van der Waals surface area contributed by atoms with E-state index in [1.807, 2.05) is 0 Å². The van der Waals surface area contributed by atoms with E-state index in [4.69, 9.17) is 0 Å². The van der Waals surface area contributed by atoms with Crippen LogP contribution in [0, 0.1) is 5.92 Å². The molecule has 0 heterocycles. The van der Waals surface area contributed by atoms with E-state index in [-0.39, 0.29) is 6.10 Å². The van der Waals surface area contributed by atoms with Crippen LogP contribution in [0.3, 0.4) is 0 Å². The number of aryl methyl sites for hydroxylation is 2. The summed E-state index contributed by atoms with van der Waals surface area (Å²) in [7, 11) is 0. The van der Waals surface area contributed by atoms with Crippen molar-refractivity contribution in [3.05, 3.63) is 34.9 Å². The van der Waals surface area contributed by atoms with E-state index in [9.17, 15) is 5.11 Å². The van der Waals surface area contributed by atoms with Gasteiger partial charge in [-0.1, -0.05) is 44.9 Å². The number of aliphatic hydroxyl groups excluding tert-OH is 1. The maximum absolute atomic E-state index is 10.2. The van der Waals surface area contributed by atoms with Crippen molar-refractivity contribution in [2.24, 2.45) is 5.92 Å². The van der Waals surface area contributed by atoms with E-state index in [1.165, 1.54) is 36.0 Å². The molecule has 1 aliphatic rings. The van der Waals surface area contributed by atoms with E-state index in [1.54, 1.807) is 0 Å². The second kappa shape index (κ2) is 7.24. The molecule has 0 saturated carbocycles. The average Bonchev–Trinajstić information content (AvgIpc) is 2.93. The lowest BCUT2D eigenvalue weighted by Crippen LogP contribution is -2.34. The fraction of sp³-hybridized carbons (Fsp3) is 0.667. The van der Waals surface area contributed by atoms with Crippen molar-refractivity contribution in [2.45, 2.75) is 65.0 Å². The molecule has 2 heteroatoms. The summed E-state index contributed by atoms with van der Waals surface area (Å²) in [6.07, 6.45) is 5.63. The lowest BCUT2D eigenvalue weighted by molar-refractivity contribution is 0.0989. The summed E-state index contributed by atoms with van der Waals surface area (Å²) in [5, 5.41) is 13.7. The SMILES string of the molecule is CCC(CC)C(O)CNC(C)c1ccc2c(c1)CCC2. The van der Waals surface area contributed by atoms with Crippen molar-refractivity contribution >= 4 is 0 Å². The monoisotopic (exact) mass is 275 g/mol. The van der Waals surface area contributed by atoms with E-state index >= 15 is 0 Å². The van der Waals surface area contributed by atoms with E-state index in [0.717, 1.165) is 12.8 Å². The molecule has 2 N–H and O–H groups in total. The zero-order valence-electron chi connectivity index (χ0n) is 13.2. The molecule has 2 atom stereocenters. The van der Waals surface area contributed by atoms with Crippen LogP contribution < -0.4 is 5.32 Å². The van der Waals surface area contributed by atoms with Gasteiger partial charge in [-0.05, 0) is 48.8 Å². The van der Waals surface area contributed by atoms with Crippen LogP contribution in [0.25, 0.3) is 0 Å². The first-order valence-electron chi connectivity index (χ1n) is 8.18. The van der Waals surface area contributed by atoms with E-state index < -0.39 is 0 Å². The van der Waals surface area contributed by atoms with Crippen molar-refractivity contribution < 1.29 is 5.11 Å². The van der Waals surface area contributed by atoms with Crippen molar-refractivity contribution in [2.75, 3.05) is 6.54 Å². The predicted octanol–water partition coefficient (Wildman–Crippen LogP) is 3.62. The lowest BCUT2D eigenvalue weighted by Gasteiger charge is -2.23. The maximum atomic E-state index is 10.2. The second-order valence-corrected chi connectivity index (χ2v) is 6.16. The molecular formula is C18H29NO. The summed E-state index contributed by atoms with van der Waals surface area (Å²) in [6.45, 7) is 7.18. The highest BCUT2D eigenvalue weighted by Crippen LogP contribution is 2.25. The molecule has 0 fully saturated rings. The van der Waals surface area contributed by atoms with Crippen LogP contribution in [0.2, 0.25) is 0 Å². The fourth-order valence-corrected chi connectivity index (χ4v) is 3.28. The molecule has 2 nitrogen and oxygen atoms in total. The highest BCUT2D eigenvalue weighted by Gasteiger charge is 2.17. The Hall–Kier alpha value is -0.860. The molecule has 20 heavy (non-hydrogen) atoms. The topological polar surface area (TPSA) is 32.3 Å². The Morgan fingerprint density at radius 3 is 2.55 bits per heavy atom. The Morgan fingerprint density at radius 2 is 1.85 bits per heavy atom. The third kappa shape index (κ3) is 3.62. The van der Waals surface area contributed by atoms with Crippen LogP contribution in [-0.2, 0) is 12.8 Å². The molecule has 0 aromatic heterocycles. The number of hydrogen-bond donors (Lipinski definition) is 2. The van der Waals surface area contributed by atoms with Crippen LogP contribution >= 0.6 is 0 Å². The Kier molecular flexibility index (Phi) is 5.62. The number of nitrogens with one attached hydrogen (secondary N) is 1. The third-order valence-corrected chi connectivity index (χ3v) is 4.85. The highest BCUT2D eigenvalue weighted by atomic mass is 16.3. The van der Waals surface area contributed by atoms with Gasteiger partial charge in [0.25, 0.3) is 0 Å². The van der Waals surface area contributed by atoms with Crippen LogP contribution in [0.15, 0.2) is 18.2 Å². The largest absolute Gasteiger partial charge is 0.392 e. The minimum absolute atomic E-state index is 0.234. The minimum Gasteiger partial charge on any atom is -0.392 e. The van der Waals surface area contributed by atoms with Gasteiger partial charge < -0.3 is 10.4 Å². The summed E-state index contributed by atoms with van der Waals surface area (Å²) in [5.41, 5.74) is 4.40. The van der Waals surface area contributed by atoms with Gasteiger partial charge in [-0.3, -0.25) is 0 Å². The first-order chi connectivity index (χ1) is 9.65. The number of aliphatic hydroxyl groups is 1. The molecule has 2 rings (SSSR count). The molecular weight excluding hydrogens is 246 g/mol. The molecule has 0 aliphatic heterocycles. The summed E-state index contributed by atoms with van der Waals surface area (Å²) < 4.78 is 0. The van der Waals surface area contributed by atoms with Crippen LogP contribution in [0.4, 0.5) is 0 Å². The molecule has 0 radical (unpaired) electrons. The summed E-state index contributed by atoms with van der Waals surface area (Å²) in [5.74, 6) is 0.412. The standard InChI is InChI=1S/C18H29NO/c1-4-14(5-2)18(20)12-19-13(3)16-10-9-15-7-6-8-17(15)11-16/h9-11,13-14,18-20H,4-8,12H2,1-3H3. The first kappa shape index (κ1) is 15.5. The zero-order chi connectivity index (χ0) is 14.5. The van der Waals surface area contributed by atoms with Crippen molar-refractivity contribution in [3.8, 4) is 0 Å². The molecule has 1 aromatic rings. The van der Waals surface area contributed by atoms with E-state index in [0.29, 0.717) is 18.5 Å². The smallest absolute Gasteiger partial charge is 0.0692 e. The molecule has 0 bridgehead atoms. The van der Waals surface area contributed by atoms with Crippen molar-refractivity contribution in [1.29, 1.82) is 0 Å². The highest BCUT2D eigenvalue weighted by molar-refractivity contribution is 5.36. The Labute approximate surface area is 123 Å². The van der Waals surface area contributed by atoms with Gasteiger partial charge in [0.05, 0.1) is 6.10 Å². The lowest BCUT2D eigenvalue weighted by atomic mass is 9.96. The number of rotatable bonds is 7. The van der Waals surface area contributed by atoms with Crippen LogP contribution in [0.5, 0.6) is 0 Å². The molecule has 0 saturated heterocycles. The molecule has 1 aliphatic carbocycles. The summed E-state index contributed by atoms with van der Waals surface area (Å²) in [6, 6.07) is 7.19. The van der Waals surface area contributed by atoms with Crippen LogP contribution in [-0.4, -0.2) is 17.8 Å².